The Morgan fingerprint density at radius 2 is 1.71 bits per heavy atom. The van der Waals surface area contributed by atoms with E-state index in [0.29, 0.717) is 18.4 Å². The molecule has 4 aliphatic carbocycles. The molecule has 5 nitrogen and oxygen atoms in total. The molecule has 160 valence electrons. The van der Waals surface area contributed by atoms with Crippen molar-refractivity contribution in [1.29, 1.82) is 0 Å². The molecular weight excluding hydrogens is 352 g/mol. The van der Waals surface area contributed by atoms with Crippen LogP contribution in [-0.4, -0.2) is 60.9 Å². The largest absolute Gasteiger partial charge is 0.364 e. The van der Waals surface area contributed by atoms with E-state index in [2.05, 4.69) is 5.32 Å². The molecule has 0 saturated heterocycles. The van der Waals surface area contributed by atoms with Gasteiger partial charge in [-0.15, -0.1) is 0 Å². The lowest BCUT2D eigenvalue weighted by Crippen LogP contribution is -2.55. The maximum absolute atomic E-state index is 13.1. The minimum Gasteiger partial charge on any atom is -0.364 e. The number of fused-ring (bicyclic) bond motifs is 4. The second-order valence-electron chi connectivity index (χ2n) is 10.4. The Hall–Kier alpha value is -0.780. The molecule has 0 spiro atoms. The lowest BCUT2D eigenvalue weighted by Gasteiger charge is -2.37. The van der Waals surface area contributed by atoms with Crippen LogP contribution in [0.5, 0.6) is 0 Å². The number of ketones is 2. The topological polar surface area (TPSA) is 58.6 Å². The Bertz CT molecular complexity index is 595. The van der Waals surface area contributed by atoms with Crippen molar-refractivity contribution in [2.24, 2.45) is 23.7 Å². The van der Waals surface area contributed by atoms with Gasteiger partial charge >= 0.3 is 0 Å². The van der Waals surface area contributed by atoms with Gasteiger partial charge in [0, 0.05) is 0 Å². The molecule has 0 heterocycles. The number of hydrogen-bond donors (Lipinski definition) is 1. The van der Waals surface area contributed by atoms with Gasteiger partial charge in [0.25, 0.3) is 0 Å². The molecule has 4 saturated carbocycles. The third-order valence-corrected chi connectivity index (χ3v) is 7.89. The number of nitrogens with zero attached hydrogens (tertiary/aromatic N) is 1. The Balaban J connectivity index is 1.62. The molecule has 0 radical (unpaired) electrons. The molecule has 4 fully saturated rings. The summed E-state index contributed by atoms with van der Waals surface area (Å²) in [6.07, 6.45) is 8.16. The highest BCUT2D eigenvalue weighted by Crippen LogP contribution is 2.64. The number of nitrogens with one attached hydrogen (secondary N) is 1. The van der Waals surface area contributed by atoms with Gasteiger partial charge < -0.3 is 10.1 Å². The van der Waals surface area contributed by atoms with Crippen molar-refractivity contribution in [3.8, 4) is 0 Å². The highest BCUT2D eigenvalue weighted by molar-refractivity contribution is 5.92. The molecule has 5 unspecified atom stereocenters. The first-order valence-electron chi connectivity index (χ1n) is 11.2. The first kappa shape index (κ1) is 21.9. The Kier molecular flexibility index (Phi) is 6.38. The average molecular weight is 393 g/mol. The summed E-state index contributed by atoms with van der Waals surface area (Å²) in [5.41, 5.74) is -1.49. The van der Waals surface area contributed by atoms with Gasteiger partial charge in [0.05, 0.1) is 24.7 Å². The van der Waals surface area contributed by atoms with E-state index in [0.717, 1.165) is 11.8 Å². The summed E-state index contributed by atoms with van der Waals surface area (Å²) in [5, 5.41) is 2.92. The zero-order chi connectivity index (χ0) is 20.7. The molecule has 4 bridgehead atoms. The smallest absolute Gasteiger partial charge is 0.177 e. The number of ether oxygens (including phenoxy) is 1. The Morgan fingerprint density at radius 3 is 2.39 bits per heavy atom. The number of Topliss-reactive ketones (excluding diaryl/α,β-unsaturated/α-hetero) is 2. The van der Waals surface area contributed by atoms with Crippen molar-refractivity contribution in [2.75, 3.05) is 27.2 Å². The zero-order valence-electron chi connectivity index (χ0n) is 18.7. The van der Waals surface area contributed by atoms with Crippen LogP contribution in [0.4, 0.5) is 0 Å². The van der Waals surface area contributed by atoms with Crippen LogP contribution >= 0.6 is 0 Å². The van der Waals surface area contributed by atoms with Crippen molar-refractivity contribution < 1.29 is 14.3 Å². The predicted molar refractivity (Wildman–Crippen MR) is 111 cm³/mol. The van der Waals surface area contributed by atoms with Crippen molar-refractivity contribution in [3.05, 3.63) is 0 Å². The predicted octanol–water partition coefficient (Wildman–Crippen LogP) is 3.06. The van der Waals surface area contributed by atoms with E-state index in [4.69, 9.17) is 4.74 Å². The minimum atomic E-state index is -0.810. The maximum atomic E-state index is 13.1. The molecule has 0 aromatic heterocycles. The number of likely N-dealkylation sites (N-methyl/N-ethyl adjacent to an activating group) is 2. The molecule has 0 amide bonds. The quantitative estimate of drug-likeness (QED) is 0.653. The van der Waals surface area contributed by atoms with Crippen molar-refractivity contribution in [3.63, 3.8) is 0 Å². The molecule has 0 aromatic carbocycles. The van der Waals surface area contributed by atoms with Crippen LogP contribution in [0.25, 0.3) is 0 Å². The fourth-order valence-electron chi connectivity index (χ4n) is 5.52. The van der Waals surface area contributed by atoms with Crippen LogP contribution in [0.2, 0.25) is 0 Å². The minimum absolute atomic E-state index is 0.0644. The molecule has 5 heteroatoms. The SMILES string of the molecule is CNCC(=O)C(C)(C)N(C)CC(=O)C(C)(C)OC1C2CCCCCC3C(C2)C31. The summed E-state index contributed by atoms with van der Waals surface area (Å²) in [4.78, 5) is 27.4. The Morgan fingerprint density at radius 1 is 1.04 bits per heavy atom. The molecule has 5 atom stereocenters. The lowest BCUT2D eigenvalue weighted by atomic mass is 9.91. The first-order valence-corrected chi connectivity index (χ1v) is 11.2. The molecule has 28 heavy (non-hydrogen) atoms. The van der Waals surface area contributed by atoms with E-state index in [9.17, 15) is 9.59 Å². The summed E-state index contributed by atoms with van der Waals surface area (Å²) >= 11 is 0. The van der Waals surface area contributed by atoms with Gasteiger partial charge in [0.1, 0.15) is 5.60 Å². The molecule has 4 rings (SSSR count). The zero-order valence-corrected chi connectivity index (χ0v) is 18.7. The van der Waals surface area contributed by atoms with E-state index < -0.39 is 11.1 Å². The van der Waals surface area contributed by atoms with Crippen LogP contribution in [0.1, 0.15) is 66.2 Å². The fourth-order valence-corrected chi connectivity index (χ4v) is 5.52. The van der Waals surface area contributed by atoms with Gasteiger partial charge in [-0.05, 0) is 84.7 Å². The van der Waals surface area contributed by atoms with E-state index >= 15 is 0 Å². The summed E-state index contributed by atoms with van der Waals surface area (Å²) in [5.74, 6) is 3.15. The second kappa shape index (κ2) is 8.16. The van der Waals surface area contributed by atoms with Crippen molar-refractivity contribution in [2.45, 2.75) is 83.5 Å². The van der Waals surface area contributed by atoms with E-state index in [1.807, 2.05) is 39.6 Å². The van der Waals surface area contributed by atoms with E-state index in [-0.39, 0.29) is 24.2 Å². The van der Waals surface area contributed by atoms with Gasteiger partial charge in [-0.2, -0.15) is 0 Å². The highest BCUT2D eigenvalue weighted by Gasteiger charge is 2.62. The fraction of sp³-hybridized carbons (Fsp3) is 0.913. The van der Waals surface area contributed by atoms with E-state index in [1.54, 1.807) is 7.05 Å². The van der Waals surface area contributed by atoms with Crippen LogP contribution < -0.4 is 5.32 Å². The number of carbonyl (C=O) groups excluding carboxylic acids is 2. The van der Waals surface area contributed by atoms with Crippen molar-refractivity contribution >= 4 is 11.6 Å². The summed E-state index contributed by atoms with van der Waals surface area (Å²) < 4.78 is 6.59. The third kappa shape index (κ3) is 4.22. The number of rotatable bonds is 9. The summed E-state index contributed by atoms with van der Waals surface area (Å²) in [7, 11) is 3.62. The van der Waals surface area contributed by atoms with Crippen LogP contribution in [0.3, 0.4) is 0 Å². The monoisotopic (exact) mass is 392 g/mol. The Labute approximate surface area is 170 Å². The molecule has 0 aliphatic heterocycles. The standard InChI is InChI=1S/C23H40N2O3/c1-22(2,18(26)13-24-5)25(6)14-19(27)23(3,4)28-21-15-10-8-7-9-11-16-17(12-15)20(16)21/h15-17,20-21,24H,7-14H2,1-6H3. The molecular formula is C23H40N2O3. The van der Waals surface area contributed by atoms with E-state index in [1.165, 1.54) is 38.5 Å². The van der Waals surface area contributed by atoms with Gasteiger partial charge in [-0.3, -0.25) is 14.5 Å². The maximum Gasteiger partial charge on any atom is 0.177 e. The number of carbonyl (C=O) groups is 2. The number of hydrogen-bond acceptors (Lipinski definition) is 5. The van der Waals surface area contributed by atoms with Gasteiger partial charge in [0.15, 0.2) is 11.6 Å². The molecule has 0 aromatic rings. The summed E-state index contributed by atoms with van der Waals surface area (Å²) in [6.45, 7) is 8.15. The normalized spacial score (nSPS) is 32.6. The lowest BCUT2D eigenvalue weighted by molar-refractivity contribution is -0.155. The second-order valence-corrected chi connectivity index (χ2v) is 10.4. The highest BCUT2D eigenvalue weighted by atomic mass is 16.5. The van der Waals surface area contributed by atoms with Crippen LogP contribution in [0, 0.1) is 23.7 Å². The summed E-state index contributed by atoms with van der Waals surface area (Å²) in [6, 6.07) is 0. The average Bonchev–Trinajstić information content (AvgIpc) is 3.12. The van der Waals surface area contributed by atoms with Gasteiger partial charge in [-0.25, -0.2) is 0 Å². The molecule has 1 N–H and O–H groups in total. The van der Waals surface area contributed by atoms with Crippen molar-refractivity contribution in [1.82, 2.24) is 10.2 Å². The molecule has 4 aliphatic rings. The van der Waals surface area contributed by atoms with Crippen LogP contribution in [0.15, 0.2) is 0 Å². The first-order chi connectivity index (χ1) is 13.1. The van der Waals surface area contributed by atoms with Crippen LogP contribution in [-0.2, 0) is 14.3 Å². The third-order valence-electron chi connectivity index (χ3n) is 7.89. The van der Waals surface area contributed by atoms with Gasteiger partial charge in [0.2, 0.25) is 0 Å². The van der Waals surface area contributed by atoms with Gasteiger partial charge in [-0.1, -0.05) is 19.3 Å².